The molecule has 2 rings (SSSR count). The van der Waals surface area contributed by atoms with Gasteiger partial charge in [0.2, 0.25) is 5.91 Å². The standard InChI is InChI=1S/C14H18N4O/c1-2-12(14-16-6-7-17-14)18-9-10-4-3-5-11(8-10)13(15)19/h3-8,12,18H,2,9H2,1H3,(H2,15,19)(H,16,17). The lowest BCUT2D eigenvalue weighted by molar-refractivity contribution is 0.1000. The maximum absolute atomic E-state index is 11.1. The van der Waals surface area contributed by atoms with Crippen LogP contribution >= 0.6 is 0 Å². The van der Waals surface area contributed by atoms with E-state index in [1.807, 2.05) is 24.4 Å². The number of nitrogens with one attached hydrogen (secondary N) is 2. The van der Waals surface area contributed by atoms with Crippen LogP contribution in [0.1, 0.15) is 41.1 Å². The Morgan fingerprint density at radius 1 is 1.53 bits per heavy atom. The summed E-state index contributed by atoms with van der Waals surface area (Å²) in [6.45, 7) is 2.76. The number of rotatable bonds is 6. The summed E-state index contributed by atoms with van der Waals surface area (Å²) in [7, 11) is 0. The van der Waals surface area contributed by atoms with E-state index in [2.05, 4.69) is 22.2 Å². The third-order valence-corrected chi connectivity index (χ3v) is 3.02. The lowest BCUT2D eigenvalue weighted by Crippen LogP contribution is -2.21. The Morgan fingerprint density at radius 2 is 2.37 bits per heavy atom. The molecule has 1 amide bonds. The zero-order valence-corrected chi connectivity index (χ0v) is 10.9. The first kappa shape index (κ1) is 13.3. The number of benzene rings is 1. The van der Waals surface area contributed by atoms with Crippen molar-refractivity contribution in [1.29, 1.82) is 0 Å². The molecule has 4 N–H and O–H groups in total. The molecule has 2 aromatic rings. The summed E-state index contributed by atoms with van der Waals surface area (Å²) >= 11 is 0. The number of amides is 1. The summed E-state index contributed by atoms with van der Waals surface area (Å²) in [5, 5.41) is 3.41. The van der Waals surface area contributed by atoms with Gasteiger partial charge in [-0.2, -0.15) is 0 Å². The summed E-state index contributed by atoms with van der Waals surface area (Å²) < 4.78 is 0. The van der Waals surface area contributed by atoms with Crippen molar-refractivity contribution < 1.29 is 4.79 Å². The molecule has 1 aromatic carbocycles. The molecule has 5 heteroatoms. The number of imidazole rings is 1. The summed E-state index contributed by atoms with van der Waals surface area (Å²) in [4.78, 5) is 18.5. The molecular weight excluding hydrogens is 240 g/mol. The summed E-state index contributed by atoms with van der Waals surface area (Å²) in [6.07, 6.45) is 4.49. The van der Waals surface area contributed by atoms with E-state index in [9.17, 15) is 4.79 Å². The maximum atomic E-state index is 11.1. The van der Waals surface area contributed by atoms with Crippen LogP contribution in [0.5, 0.6) is 0 Å². The van der Waals surface area contributed by atoms with Gasteiger partial charge in [-0.15, -0.1) is 0 Å². The number of nitrogens with zero attached hydrogens (tertiary/aromatic N) is 1. The van der Waals surface area contributed by atoms with Gasteiger partial charge in [-0.05, 0) is 24.1 Å². The molecule has 0 bridgehead atoms. The molecule has 0 aliphatic carbocycles. The minimum Gasteiger partial charge on any atom is -0.366 e. The Hall–Kier alpha value is -2.14. The predicted octanol–water partition coefficient (Wildman–Crippen LogP) is 1.75. The van der Waals surface area contributed by atoms with Gasteiger partial charge < -0.3 is 16.0 Å². The van der Waals surface area contributed by atoms with E-state index < -0.39 is 5.91 Å². The second-order valence-electron chi connectivity index (χ2n) is 4.38. The summed E-state index contributed by atoms with van der Waals surface area (Å²) in [5.41, 5.74) is 6.83. The first-order valence-corrected chi connectivity index (χ1v) is 6.32. The normalized spacial score (nSPS) is 12.3. The second-order valence-corrected chi connectivity index (χ2v) is 4.38. The zero-order valence-electron chi connectivity index (χ0n) is 10.9. The molecule has 19 heavy (non-hydrogen) atoms. The highest BCUT2D eigenvalue weighted by Gasteiger charge is 2.10. The monoisotopic (exact) mass is 258 g/mol. The lowest BCUT2D eigenvalue weighted by atomic mass is 10.1. The number of hydrogen-bond acceptors (Lipinski definition) is 3. The van der Waals surface area contributed by atoms with E-state index >= 15 is 0 Å². The van der Waals surface area contributed by atoms with Gasteiger partial charge in [0.1, 0.15) is 5.82 Å². The Kier molecular flexibility index (Phi) is 4.30. The number of aromatic nitrogens is 2. The van der Waals surface area contributed by atoms with Crippen LogP contribution in [0.4, 0.5) is 0 Å². The minimum absolute atomic E-state index is 0.173. The van der Waals surface area contributed by atoms with Gasteiger partial charge in [-0.3, -0.25) is 4.79 Å². The Morgan fingerprint density at radius 3 is 3.00 bits per heavy atom. The molecule has 0 radical (unpaired) electrons. The van der Waals surface area contributed by atoms with Crippen LogP contribution in [-0.4, -0.2) is 15.9 Å². The Bertz CT molecular complexity index is 536. The topological polar surface area (TPSA) is 83.8 Å². The van der Waals surface area contributed by atoms with Gasteiger partial charge in [-0.25, -0.2) is 4.98 Å². The highest BCUT2D eigenvalue weighted by Crippen LogP contribution is 2.13. The molecule has 1 aromatic heterocycles. The molecule has 1 atom stereocenters. The third kappa shape index (κ3) is 3.42. The first-order valence-electron chi connectivity index (χ1n) is 6.32. The van der Waals surface area contributed by atoms with Gasteiger partial charge in [-0.1, -0.05) is 19.1 Å². The van der Waals surface area contributed by atoms with Crippen LogP contribution in [0.2, 0.25) is 0 Å². The highest BCUT2D eigenvalue weighted by molar-refractivity contribution is 5.92. The second kappa shape index (κ2) is 6.15. The predicted molar refractivity (Wildman–Crippen MR) is 73.4 cm³/mol. The van der Waals surface area contributed by atoms with E-state index in [0.717, 1.165) is 17.8 Å². The third-order valence-electron chi connectivity index (χ3n) is 3.02. The average Bonchev–Trinajstić information content (AvgIpc) is 2.94. The van der Waals surface area contributed by atoms with Gasteiger partial charge in [0, 0.05) is 24.5 Å². The quantitative estimate of drug-likeness (QED) is 0.738. The first-order chi connectivity index (χ1) is 9.20. The fourth-order valence-electron chi connectivity index (χ4n) is 1.98. The molecule has 0 saturated carbocycles. The zero-order chi connectivity index (χ0) is 13.7. The SMILES string of the molecule is CCC(NCc1cccc(C(N)=O)c1)c1ncc[nH]1. The number of primary amides is 1. The van der Waals surface area contributed by atoms with Crippen molar-refractivity contribution >= 4 is 5.91 Å². The number of hydrogen-bond donors (Lipinski definition) is 3. The van der Waals surface area contributed by atoms with Crippen molar-refractivity contribution in [3.05, 3.63) is 53.6 Å². The van der Waals surface area contributed by atoms with Crippen LogP contribution in [0.15, 0.2) is 36.7 Å². The van der Waals surface area contributed by atoms with Crippen molar-refractivity contribution in [2.75, 3.05) is 0 Å². The van der Waals surface area contributed by atoms with Crippen molar-refractivity contribution in [2.45, 2.75) is 25.9 Å². The molecule has 100 valence electrons. The summed E-state index contributed by atoms with van der Waals surface area (Å²) in [5.74, 6) is 0.522. The molecular formula is C14H18N4O. The molecule has 0 saturated heterocycles. The van der Waals surface area contributed by atoms with E-state index in [-0.39, 0.29) is 6.04 Å². The van der Waals surface area contributed by atoms with E-state index in [4.69, 9.17) is 5.73 Å². The maximum Gasteiger partial charge on any atom is 0.248 e. The van der Waals surface area contributed by atoms with Gasteiger partial charge in [0.15, 0.2) is 0 Å². The minimum atomic E-state index is -0.403. The van der Waals surface area contributed by atoms with Gasteiger partial charge >= 0.3 is 0 Å². The van der Waals surface area contributed by atoms with Crippen LogP contribution < -0.4 is 11.1 Å². The number of carbonyl (C=O) groups excluding carboxylic acids is 1. The van der Waals surface area contributed by atoms with Gasteiger partial charge in [0.25, 0.3) is 0 Å². The van der Waals surface area contributed by atoms with E-state index in [0.29, 0.717) is 12.1 Å². The van der Waals surface area contributed by atoms with Crippen LogP contribution in [-0.2, 0) is 6.54 Å². The molecule has 0 aliphatic heterocycles. The number of carbonyl (C=O) groups is 1. The largest absolute Gasteiger partial charge is 0.366 e. The van der Waals surface area contributed by atoms with E-state index in [1.54, 1.807) is 12.3 Å². The van der Waals surface area contributed by atoms with Crippen molar-refractivity contribution in [2.24, 2.45) is 5.73 Å². The fourth-order valence-corrected chi connectivity index (χ4v) is 1.98. The Balaban J connectivity index is 2.01. The smallest absolute Gasteiger partial charge is 0.248 e. The van der Waals surface area contributed by atoms with Crippen molar-refractivity contribution in [1.82, 2.24) is 15.3 Å². The van der Waals surface area contributed by atoms with Crippen LogP contribution in [0, 0.1) is 0 Å². The van der Waals surface area contributed by atoms with Crippen LogP contribution in [0.3, 0.4) is 0 Å². The van der Waals surface area contributed by atoms with Crippen molar-refractivity contribution in [3.63, 3.8) is 0 Å². The lowest BCUT2D eigenvalue weighted by Gasteiger charge is -2.14. The molecule has 1 heterocycles. The van der Waals surface area contributed by atoms with Gasteiger partial charge in [0.05, 0.1) is 6.04 Å². The summed E-state index contributed by atoms with van der Waals surface area (Å²) in [6, 6.07) is 7.51. The molecule has 5 nitrogen and oxygen atoms in total. The fraction of sp³-hybridized carbons (Fsp3) is 0.286. The molecule has 0 fully saturated rings. The molecule has 1 unspecified atom stereocenters. The van der Waals surface area contributed by atoms with Crippen molar-refractivity contribution in [3.8, 4) is 0 Å². The van der Waals surface area contributed by atoms with E-state index in [1.165, 1.54) is 0 Å². The van der Waals surface area contributed by atoms with Crippen LogP contribution in [0.25, 0.3) is 0 Å². The number of aromatic amines is 1. The highest BCUT2D eigenvalue weighted by atomic mass is 16.1. The molecule has 0 aliphatic rings. The Labute approximate surface area is 112 Å². The number of nitrogens with two attached hydrogens (primary N) is 1. The average molecular weight is 258 g/mol. The molecule has 0 spiro atoms. The number of H-pyrrole nitrogens is 1.